The lowest BCUT2D eigenvalue weighted by molar-refractivity contribution is -0.150. The lowest BCUT2D eigenvalue weighted by atomic mass is 9.98. The van der Waals surface area contributed by atoms with Crippen LogP contribution in [0.25, 0.3) is 0 Å². The van der Waals surface area contributed by atoms with Crippen molar-refractivity contribution in [3.63, 3.8) is 0 Å². The van der Waals surface area contributed by atoms with Crippen LogP contribution < -0.4 is 5.73 Å². The van der Waals surface area contributed by atoms with Crippen LogP contribution >= 0.6 is 0 Å². The summed E-state index contributed by atoms with van der Waals surface area (Å²) in [6.07, 6.45) is 6.24. The van der Waals surface area contributed by atoms with Crippen LogP contribution in [0.15, 0.2) is 0 Å². The van der Waals surface area contributed by atoms with Crippen molar-refractivity contribution >= 4 is 5.97 Å². The standard InChI is InChI=1S/C10H19NO2/c1-8(11)7-10(12)13-9-5-3-2-4-6-9/h8-9H,2-7,11H2,1H3. The number of hydrogen-bond donors (Lipinski definition) is 1. The van der Waals surface area contributed by atoms with Gasteiger partial charge in [-0.1, -0.05) is 6.42 Å². The van der Waals surface area contributed by atoms with Gasteiger partial charge in [0.25, 0.3) is 0 Å². The molecule has 1 atom stereocenters. The topological polar surface area (TPSA) is 52.3 Å². The van der Waals surface area contributed by atoms with Crippen LogP contribution in [0.3, 0.4) is 0 Å². The van der Waals surface area contributed by atoms with Crippen LogP contribution in [0.2, 0.25) is 0 Å². The highest BCUT2D eigenvalue weighted by atomic mass is 16.5. The number of hydrogen-bond acceptors (Lipinski definition) is 3. The Labute approximate surface area is 79.6 Å². The van der Waals surface area contributed by atoms with Crippen molar-refractivity contribution in [3.8, 4) is 0 Å². The second-order valence-electron chi connectivity index (χ2n) is 3.93. The Bertz CT molecular complexity index is 162. The van der Waals surface area contributed by atoms with E-state index in [0.717, 1.165) is 12.8 Å². The van der Waals surface area contributed by atoms with Gasteiger partial charge >= 0.3 is 5.97 Å². The summed E-state index contributed by atoms with van der Waals surface area (Å²) < 4.78 is 5.28. The molecule has 1 fully saturated rings. The van der Waals surface area contributed by atoms with Crippen molar-refractivity contribution in [3.05, 3.63) is 0 Å². The molecule has 1 aliphatic carbocycles. The highest BCUT2D eigenvalue weighted by Gasteiger charge is 2.17. The van der Waals surface area contributed by atoms with Gasteiger partial charge < -0.3 is 10.5 Å². The Morgan fingerprint density at radius 2 is 2.08 bits per heavy atom. The van der Waals surface area contributed by atoms with E-state index in [0.29, 0.717) is 6.42 Å². The summed E-state index contributed by atoms with van der Waals surface area (Å²) in [5.41, 5.74) is 5.50. The van der Waals surface area contributed by atoms with Gasteiger partial charge in [0.05, 0.1) is 6.42 Å². The average Bonchev–Trinajstić information content (AvgIpc) is 2.04. The molecule has 0 aromatic rings. The van der Waals surface area contributed by atoms with Crippen molar-refractivity contribution in [1.29, 1.82) is 0 Å². The van der Waals surface area contributed by atoms with E-state index in [1.165, 1.54) is 19.3 Å². The van der Waals surface area contributed by atoms with Gasteiger partial charge in [0, 0.05) is 6.04 Å². The quantitative estimate of drug-likeness (QED) is 0.679. The van der Waals surface area contributed by atoms with Crippen LogP contribution in [0.4, 0.5) is 0 Å². The maximum atomic E-state index is 11.2. The fraction of sp³-hybridized carbons (Fsp3) is 0.900. The van der Waals surface area contributed by atoms with Crippen LogP contribution in [-0.4, -0.2) is 18.1 Å². The van der Waals surface area contributed by atoms with E-state index in [9.17, 15) is 4.79 Å². The first-order valence-electron chi connectivity index (χ1n) is 5.13. The summed E-state index contributed by atoms with van der Waals surface area (Å²) >= 11 is 0. The molecule has 2 N–H and O–H groups in total. The zero-order valence-electron chi connectivity index (χ0n) is 8.29. The van der Waals surface area contributed by atoms with E-state index in [1.54, 1.807) is 0 Å². The van der Waals surface area contributed by atoms with E-state index in [4.69, 9.17) is 10.5 Å². The lowest BCUT2D eigenvalue weighted by Crippen LogP contribution is -2.26. The molecule has 3 heteroatoms. The van der Waals surface area contributed by atoms with Gasteiger partial charge in [-0.2, -0.15) is 0 Å². The minimum atomic E-state index is -0.137. The smallest absolute Gasteiger partial charge is 0.307 e. The van der Waals surface area contributed by atoms with Crippen molar-refractivity contribution in [1.82, 2.24) is 0 Å². The number of nitrogens with two attached hydrogens (primary N) is 1. The molecule has 0 aromatic heterocycles. The number of ether oxygens (including phenoxy) is 1. The van der Waals surface area contributed by atoms with Gasteiger partial charge in [-0.15, -0.1) is 0 Å². The molecular weight excluding hydrogens is 166 g/mol. The van der Waals surface area contributed by atoms with E-state index in [1.807, 2.05) is 6.92 Å². The molecule has 0 saturated heterocycles. The fourth-order valence-corrected chi connectivity index (χ4v) is 1.68. The second-order valence-corrected chi connectivity index (χ2v) is 3.93. The van der Waals surface area contributed by atoms with E-state index >= 15 is 0 Å². The Hall–Kier alpha value is -0.570. The van der Waals surface area contributed by atoms with E-state index < -0.39 is 0 Å². The molecule has 76 valence electrons. The Kier molecular flexibility index (Phi) is 4.22. The summed E-state index contributed by atoms with van der Waals surface area (Å²) in [5, 5.41) is 0. The SMILES string of the molecule is CC(N)CC(=O)OC1CCCCC1. The summed E-state index contributed by atoms with van der Waals surface area (Å²) in [5.74, 6) is -0.137. The first-order valence-corrected chi connectivity index (χ1v) is 5.13. The monoisotopic (exact) mass is 185 g/mol. The van der Waals surface area contributed by atoms with Gasteiger partial charge in [-0.3, -0.25) is 4.79 Å². The van der Waals surface area contributed by atoms with Crippen molar-refractivity contribution < 1.29 is 9.53 Å². The van der Waals surface area contributed by atoms with Gasteiger partial charge in [0.1, 0.15) is 6.10 Å². The number of carbonyl (C=O) groups excluding carboxylic acids is 1. The summed E-state index contributed by atoms with van der Waals surface area (Å²) in [4.78, 5) is 11.2. The number of esters is 1. The molecule has 0 bridgehead atoms. The summed E-state index contributed by atoms with van der Waals surface area (Å²) in [7, 11) is 0. The van der Waals surface area contributed by atoms with Crippen LogP contribution in [0.1, 0.15) is 45.4 Å². The molecule has 3 nitrogen and oxygen atoms in total. The van der Waals surface area contributed by atoms with Gasteiger partial charge in [0.15, 0.2) is 0 Å². The number of rotatable bonds is 3. The summed E-state index contributed by atoms with van der Waals surface area (Å²) in [6.45, 7) is 1.82. The number of carbonyl (C=O) groups is 1. The maximum absolute atomic E-state index is 11.2. The first kappa shape index (κ1) is 10.5. The van der Waals surface area contributed by atoms with Gasteiger partial charge in [0.2, 0.25) is 0 Å². The molecule has 0 amide bonds. The minimum absolute atomic E-state index is 0.0870. The van der Waals surface area contributed by atoms with Gasteiger partial charge in [-0.25, -0.2) is 0 Å². The van der Waals surface area contributed by atoms with E-state index in [-0.39, 0.29) is 18.1 Å². The fourth-order valence-electron chi connectivity index (χ4n) is 1.68. The Morgan fingerprint density at radius 1 is 1.46 bits per heavy atom. The molecule has 0 heterocycles. The predicted octanol–water partition coefficient (Wildman–Crippen LogP) is 1.60. The third-order valence-corrected chi connectivity index (χ3v) is 2.34. The highest BCUT2D eigenvalue weighted by molar-refractivity contribution is 5.70. The second kappa shape index (κ2) is 5.22. The maximum Gasteiger partial charge on any atom is 0.307 e. The molecule has 0 radical (unpaired) electrons. The lowest BCUT2D eigenvalue weighted by Gasteiger charge is -2.22. The van der Waals surface area contributed by atoms with Crippen LogP contribution in [-0.2, 0) is 9.53 Å². The third kappa shape index (κ3) is 4.27. The average molecular weight is 185 g/mol. The van der Waals surface area contributed by atoms with Crippen molar-refractivity contribution in [2.45, 2.75) is 57.6 Å². The third-order valence-electron chi connectivity index (χ3n) is 2.34. The molecule has 13 heavy (non-hydrogen) atoms. The molecule has 0 spiro atoms. The first-order chi connectivity index (χ1) is 6.18. The van der Waals surface area contributed by atoms with Crippen molar-refractivity contribution in [2.75, 3.05) is 0 Å². The Morgan fingerprint density at radius 3 is 2.62 bits per heavy atom. The molecule has 1 rings (SSSR count). The normalized spacial score (nSPS) is 21.1. The largest absolute Gasteiger partial charge is 0.462 e. The molecule has 1 aliphatic rings. The van der Waals surface area contributed by atoms with E-state index in [2.05, 4.69) is 0 Å². The molecule has 0 aliphatic heterocycles. The predicted molar refractivity (Wildman–Crippen MR) is 51.2 cm³/mol. The summed E-state index contributed by atoms with van der Waals surface area (Å²) in [6, 6.07) is -0.0870. The zero-order chi connectivity index (χ0) is 9.68. The van der Waals surface area contributed by atoms with Gasteiger partial charge in [-0.05, 0) is 32.6 Å². The van der Waals surface area contributed by atoms with Crippen molar-refractivity contribution in [2.24, 2.45) is 5.73 Å². The minimum Gasteiger partial charge on any atom is -0.462 e. The zero-order valence-corrected chi connectivity index (χ0v) is 8.29. The molecule has 0 aromatic carbocycles. The van der Waals surface area contributed by atoms with Crippen LogP contribution in [0.5, 0.6) is 0 Å². The molecule has 1 saturated carbocycles. The molecule has 1 unspecified atom stereocenters. The van der Waals surface area contributed by atoms with Crippen LogP contribution in [0, 0.1) is 0 Å². The highest BCUT2D eigenvalue weighted by Crippen LogP contribution is 2.20. The molecular formula is C10H19NO2. The Balaban J connectivity index is 2.18.